The summed E-state index contributed by atoms with van der Waals surface area (Å²) in [5, 5.41) is 0. The Kier molecular flexibility index (Phi) is 2.88. The zero-order valence-corrected chi connectivity index (χ0v) is 9.80. The molecule has 1 aromatic rings. The molecule has 0 unspecified atom stereocenters. The van der Waals surface area contributed by atoms with Crippen LogP contribution in [0.5, 0.6) is 0 Å². The van der Waals surface area contributed by atoms with Crippen LogP contribution in [0.15, 0.2) is 30.3 Å². The molecule has 0 radical (unpaired) electrons. The first-order valence-corrected chi connectivity index (χ1v) is 5.47. The van der Waals surface area contributed by atoms with Crippen LogP contribution in [-0.2, 0) is 14.3 Å². The summed E-state index contributed by atoms with van der Waals surface area (Å²) >= 11 is 0. The van der Waals surface area contributed by atoms with Gasteiger partial charge in [-0.1, -0.05) is 18.2 Å². The molecule has 0 aromatic heterocycles. The quantitative estimate of drug-likeness (QED) is 0.734. The molecule has 4 nitrogen and oxygen atoms in total. The van der Waals surface area contributed by atoms with Gasteiger partial charge in [0, 0.05) is 0 Å². The molecule has 1 saturated heterocycles. The Morgan fingerprint density at radius 2 is 2.00 bits per heavy atom. The summed E-state index contributed by atoms with van der Waals surface area (Å²) in [6.45, 7) is 3.47. The molecular formula is C13H14O4. The fourth-order valence-electron chi connectivity index (χ4n) is 1.75. The van der Waals surface area contributed by atoms with Gasteiger partial charge in [0.25, 0.3) is 0 Å². The molecule has 0 saturated carbocycles. The maximum Gasteiger partial charge on any atom is 0.338 e. The van der Waals surface area contributed by atoms with E-state index < -0.39 is 17.7 Å². The Balaban J connectivity index is 2.07. The largest absolute Gasteiger partial charge is 0.456 e. The van der Waals surface area contributed by atoms with Crippen LogP contribution < -0.4 is 0 Å². The number of rotatable bonds is 2. The first-order chi connectivity index (χ1) is 7.99. The molecule has 0 aliphatic carbocycles. The number of cyclic esters (lactones) is 1. The Morgan fingerprint density at radius 1 is 1.35 bits per heavy atom. The van der Waals surface area contributed by atoms with E-state index >= 15 is 0 Å². The predicted molar refractivity (Wildman–Crippen MR) is 60.4 cm³/mol. The summed E-state index contributed by atoms with van der Waals surface area (Å²) in [6.07, 6.45) is -0.409. The van der Waals surface area contributed by atoms with Gasteiger partial charge in [-0.2, -0.15) is 0 Å². The lowest BCUT2D eigenvalue weighted by Gasteiger charge is -2.24. The molecule has 1 atom stereocenters. The number of ether oxygens (including phenoxy) is 2. The standard InChI is InChI=1S/C13H14O4/c1-13(2)10(8-11(14)17-13)16-12(15)9-6-4-3-5-7-9/h3-7,10H,8H2,1-2H3/t10-/m1/s1. The smallest absolute Gasteiger partial charge is 0.338 e. The van der Waals surface area contributed by atoms with Gasteiger partial charge < -0.3 is 9.47 Å². The molecule has 1 fully saturated rings. The third-order valence-electron chi connectivity index (χ3n) is 2.76. The van der Waals surface area contributed by atoms with Crippen molar-refractivity contribution in [1.82, 2.24) is 0 Å². The van der Waals surface area contributed by atoms with E-state index in [1.54, 1.807) is 38.1 Å². The molecule has 1 heterocycles. The summed E-state index contributed by atoms with van der Waals surface area (Å²) in [5.41, 5.74) is -0.274. The average Bonchev–Trinajstić information content (AvgIpc) is 2.53. The van der Waals surface area contributed by atoms with Crippen LogP contribution in [0.2, 0.25) is 0 Å². The van der Waals surface area contributed by atoms with Crippen LogP contribution in [0.4, 0.5) is 0 Å². The molecule has 1 aromatic carbocycles. The van der Waals surface area contributed by atoms with Crippen molar-refractivity contribution >= 4 is 11.9 Å². The number of hydrogen-bond acceptors (Lipinski definition) is 4. The van der Waals surface area contributed by atoms with Gasteiger partial charge in [-0.25, -0.2) is 4.79 Å². The van der Waals surface area contributed by atoms with Gasteiger partial charge in [0.1, 0.15) is 5.60 Å². The molecule has 1 aliphatic heterocycles. The highest BCUT2D eigenvalue weighted by atomic mass is 16.6. The van der Waals surface area contributed by atoms with Crippen molar-refractivity contribution in [1.29, 1.82) is 0 Å². The molecule has 17 heavy (non-hydrogen) atoms. The highest BCUT2D eigenvalue weighted by Gasteiger charge is 2.44. The Labute approximate surface area is 99.5 Å². The second-order valence-electron chi connectivity index (χ2n) is 4.54. The van der Waals surface area contributed by atoms with Crippen molar-refractivity contribution in [3.63, 3.8) is 0 Å². The van der Waals surface area contributed by atoms with Gasteiger partial charge in [-0.3, -0.25) is 4.79 Å². The van der Waals surface area contributed by atoms with Gasteiger partial charge in [0.2, 0.25) is 0 Å². The zero-order chi connectivity index (χ0) is 12.5. The summed E-state index contributed by atoms with van der Waals surface area (Å²) in [5.74, 6) is -0.761. The molecule has 0 bridgehead atoms. The summed E-state index contributed by atoms with van der Waals surface area (Å²) in [4.78, 5) is 23.0. The molecule has 0 spiro atoms. The lowest BCUT2D eigenvalue weighted by molar-refractivity contribution is -0.147. The predicted octanol–water partition coefficient (Wildman–Crippen LogP) is 1.94. The van der Waals surface area contributed by atoms with Crippen LogP contribution >= 0.6 is 0 Å². The Bertz CT molecular complexity index is 436. The fraction of sp³-hybridized carbons (Fsp3) is 0.385. The van der Waals surface area contributed by atoms with Crippen LogP contribution in [0.25, 0.3) is 0 Å². The fourth-order valence-corrected chi connectivity index (χ4v) is 1.75. The first-order valence-electron chi connectivity index (χ1n) is 5.47. The lowest BCUT2D eigenvalue weighted by atomic mass is 10.0. The highest BCUT2D eigenvalue weighted by molar-refractivity contribution is 5.89. The average molecular weight is 234 g/mol. The van der Waals surface area contributed by atoms with Crippen LogP contribution in [0.1, 0.15) is 30.6 Å². The van der Waals surface area contributed by atoms with E-state index in [1.807, 2.05) is 6.07 Å². The maximum absolute atomic E-state index is 11.8. The van der Waals surface area contributed by atoms with E-state index in [2.05, 4.69) is 0 Å². The molecule has 0 N–H and O–H groups in total. The van der Waals surface area contributed by atoms with Crippen molar-refractivity contribution in [3.8, 4) is 0 Å². The van der Waals surface area contributed by atoms with E-state index in [-0.39, 0.29) is 12.4 Å². The third-order valence-corrected chi connectivity index (χ3v) is 2.76. The third kappa shape index (κ3) is 2.46. The maximum atomic E-state index is 11.8. The minimum Gasteiger partial charge on any atom is -0.456 e. The van der Waals surface area contributed by atoms with Crippen molar-refractivity contribution < 1.29 is 19.1 Å². The normalized spacial score (nSPS) is 22.0. The number of hydrogen-bond donors (Lipinski definition) is 0. The monoisotopic (exact) mass is 234 g/mol. The van der Waals surface area contributed by atoms with Gasteiger partial charge in [-0.05, 0) is 26.0 Å². The van der Waals surface area contributed by atoms with Gasteiger partial charge in [0.05, 0.1) is 12.0 Å². The van der Waals surface area contributed by atoms with Crippen molar-refractivity contribution in [2.24, 2.45) is 0 Å². The van der Waals surface area contributed by atoms with E-state index in [1.165, 1.54) is 0 Å². The van der Waals surface area contributed by atoms with Gasteiger partial charge in [-0.15, -0.1) is 0 Å². The molecule has 4 heteroatoms. The van der Waals surface area contributed by atoms with E-state index in [0.29, 0.717) is 5.56 Å². The highest BCUT2D eigenvalue weighted by Crippen LogP contribution is 2.29. The topological polar surface area (TPSA) is 52.6 Å². The molecule has 1 aliphatic rings. The molecular weight excluding hydrogens is 220 g/mol. The minimum absolute atomic E-state index is 0.117. The first kappa shape index (κ1) is 11.6. The Morgan fingerprint density at radius 3 is 2.53 bits per heavy atom. The minimum atomic E-state index is -0.748. The van der Waals surface area contributed by atoms with E-state index in [0.717, 1.165) is 0 Å². The second-order valence-corrected chi connectivity index (χ2v) is 4.54. The molecule has 90 valence electrons. The number of benzene rings is 1. The number of esters is 2. The van der Waals surface area contributed by atoms with E-state index in [4.69, 9.17) is 9.47 Å². The number of carbonyl (C=O) groups is 2. The summed E-state index contributed by atoms with van der Waals surface area (Å²) < 4.78 is 10.4. The molecule has 0 amide bonds. The van der Waals surface area contributed by atoms with Crippen LogP contribution in [0, 0.1) is 0 Å². The van der Waals surface area contributed by atoms with Crippen molar-refractivity contribution in [3.05, 3.63) is 35.9 Å². The van der Waals surface area contributed by atoms with Crippen molar-refractivity contribution in [2.45, 2.75) is 32.0 Å². The second kappa shape index (κ2) is 4.20. The van der Waals surface area contributed by atoms with Gasteiger partial charge >= 0.3 is 11.9 Å². The number of carbonyl (C=O) groups excluding carboxylic acids is 2. The van der Waals surface area contributed by atoms with Crippen LogP contribution in [0.3, 0.4) is 0 Å². The SMILES string of the molecule is CC1(C)OC(=O)C[C@H]1OC(=O)c1ccccc1. The molecule has 2 rings (SSSR count). The van der Waals surface area contributed by atoms with Crippen LogP contribution in [-0.4, -0.2) is 23.6 Å². The lowest BCUT2D eigenvalue weighted by Crippen LogP contribution is -2.35. The summed E-state index contributed by atoms with van der Waals surface area (Å²) in [6, 6.07) is 8.69. The zero-order valence-electron chi connectivity index (χ0n) is 9.80. The summed E-state index contributed by atoms with van der Waals surface area (Å²) in [7, 11) is 0. The van der Waals surface area contributed by atoms with Crippen molar-refractivity contribution in [2.75, 3.05) is 0 Å². The van der Waals surface area contributed by atoms with E-state index in [9.17, 15) is 9.59 Å². The Hall–Kier alpha value is -1.84. The van der Waals surface area contributed by atoms with Gasteiger partial charge in [0.15, 0.2) is 6.10 Å².